The van der Waals surface area contributed by atoms with E-state index in [4.69, 9.17) is 4.74 Å². The highest BCUT2D eigenvalue weighted by molar-refractivity contribution is 5.45. The second-order valence-corrected chi connectivity index (χ2v) is 4.62. The summed E-state index contributed by atoms with van der Waals surface area (Å²) in [6, 6.07) is 0. The molecule has 0 bridgehead atoms. The lowest BCUT2D eigenvalue weighted by Gasteiger charge is -2.11. The lowest BCUT2D eigenvalue weighted by molar-refractivity contribution is 0.186. The summed E-state index contributed by atoms with van der Waals surface area (Å²) in [5.41, 5.74) is 2.04. The third-order valence-corrected chi connectivity index (χ3v) is 3.15. The van der Waals surface area contributed by atoms with Gasteiger partial charge in [0.05, 0.1) is 13.2 Å². The summed E-state index contributed by atoms with van der Waals surface area (Å²) in [5.74, 6) is 2.46. The Balaban J connectivity index is 2.07. The van der Waals surface area contributed by atoms with Crippen LogP contribution in [0.3, 0.4) is 0 Å². The van der Waals surface area contributed by atoms with E-state index < -0.39 is 0 Å². The third kappa shape index (κ3) is 3.30. The molecule has 0 spiro atoms. The van der Waals surface area contributed by atoms with Gasteiger partial charge in [-0.3, -0.25) is 0 Å². The maximum Gasteiger partial charge on any atom is 0.152 e. The maximum atomic E-state index is 5.07. The fourth-order valence-electron chi connectivity index (χ4n) is 1.90. The molecule has 0 aliphatic rings. The van der Waals surface area contributed by atoms with E-state index in [2.05, 4.69) is 25.5 Å². The Kier molecular flexibility index (Phi) is 4.62. The second kappa shape index (κ2) is 6.42. The van der Waals surface area contributed by atoms with Crippen LogP contribution in [0.5, 0.6) is 0 Å². The molecule has 0 unspecified atom stereocenters. The first kappa shape index (κ1) is 14.4. The predicted molar refractivity (Wildman–Crippen MR) is 75.5 cm³/mol. The van der Waals surface area contributed by atoms with Crippen molar-refractivity contribution in [2.24, 2.45) is 0 Å². The molecule has 7 heteroatoms. The Morgan fingerprint density at radius 2 is 2.05 bits per heavy atom. The molecule has 2 aromatic rings. The highest BCUT2D eigenvalue weighted by Gasteiger charge is 2.08. The molecule has 0 saturated heterocycles. The molecule has 0 radical (unpaired) electrons. The van der Waals surface area contributed by atoms with Gasteiger partial charge in [-0.1, -0.05) is 0 Å². The molecule has 0 aliphatic carbocycles. The predicted octanol–water partition coefficient (Wildman–Crippen LogP) is 1.25. The van der Waals surface area contributed by atoms with E-state index in [1.54, 1.807) is 13.4 Å². The quantitative estimate of drug-likeness (QED) is 0.855. The smallest absolute Gasteiger partial charge is 0.152 e. The summed E-state index contributed by atoms with van der Waals surface area (Å²) in [5, 5.41) is 11.3. The Bertz CT molecular complexity index is 580. The van der Waals surface area contributed by atoms with E-state index in [0.717, 1.165) is 35.3 Å². The van der Waals surface area contributed by atoms with Gasteiger partial charge in [-0.15, -0.1) is 10.2 Å². The molecule has 1 N–H and O–H groups in total. The zero-order chi connectivity index (χ0) is 14.5. The Morgan fingerprint density at radius 1 is 1.25 bits per heavy atom. The molecule has 0 amide bonds. The normalized spacial score (nSPS) is 10.8. The van der Waals surface area contributed by atoms with Gasteiger partial charge in [0, 0.05) is 24.9 Å². The minimum atomic E-state index is 0.570. The largest absolute Gasteiger partial charge is 0.383 e. The van der Waals surface area contributed by atoms with Crippen LogP contribution in [0.25, 0.3) is 0 Å². The molecule has 0 aliphatic heterocycles. The summed E-state index contributed by atoms with van der Waals surface area (Å²) in [6.07, 6.45) is 1.71. The highest BCUT2D eigenvalue weighted by Crippen LogP contribution is 2.15. The van der Waals surface area contributed by atoms with E-state index in [0.29, 0.717) is 13.2 Å². The Hall–Kier alpha value is -2.02. The summed E-state index contributed by atoms with van der Waals surface area (Å²) in [6.45, 7) is 7.82. The average molecular weight is 276 g/mol. The molecule has 2 rings (SSSR count). The van der Waals surface area contributed by atoms with Crippen molar-refractivity contribution in [1.82, 2.24) is 24.7 Å². The summed E-state index contributed by atoms with van der Waals surface area (Å²) >= 11 is 0. The van der Waals surface area contributed by atoms with Crippen molar-refractivity contribution < 1.29 is 4.74 Å². The van der Waals surface area contributed by atoms with Crippen molar-refractivity contribution in [3.05, 3.63) is 29.2 Å². The monoisotopic (exact) mass is 276 g/mol. The van der Waals surface area contributed by atoms with Crippen LogP contribution in [0.1, 0.15) is 22.9 Å². The molecule has 20 heavy (non-hydrogen) atoms. The van der Waals surface area contributed by atoms with Gasteiger partial charge < -0.3 is 14.6 Å². The Labute approximate surface area is 118 Å². The van der Waals surface area contributed by atoms with Gasteiger partial charge >= 0.3 is 0 Å². The minimum Gasteiger partial charge on any atom is -0.383 e. The standard InChI is InChI=1S/C13H20N6O/c1-9-10(2)16-11(3)17-13(9)14-7-12-18-15-8-19(12)5-6-20-4/h8H,5-7H2,1-4H3,(H,14,16,17). The SMILES string of the molecule is COCCn1cnnc1CNc1nc(C)nc(C)c1C. The van der Waals surface area contributed by atoms with Gasteiger partial charge in [0.25, 0.3) is 0 Å². The molecule has 7 nitrogen and oxygen atoms in total. The first-order valence-corrected chi connectivity index (χ1v) is 6.53. The molecule has 2 heterocycles. The molecule has 108 valence electrons. The number of hydrogen-bond donors (Lipinski definition) is 1. The number of nitrogens with one attached hydrogen (secondary N) is 1. The molecule has 2 aromatic heterocycles. The fraction of sp³-hybridized carbons (Fsp3) is 0.538. The molecular formula is C13H20N6O. The molecule has 0 saturated carbocycles. The number of anilines is 1. The molecule has 0 atom stereocenters. The van der Waals surface area contributed by atoms with E-state index in [1.807, 2.05) is 25.3 Å². The van der Waals surface area contributed by atoms with Crippen molar-refractivity contribution in [1.29, 1.82) is 0 Å². The molecule has 0 fully saturated rings. The van der Waals surface area contributed by atoms with Crippen LogP contribution in [0, 0.1) is 20.8 Å². The summed E-state index contributed by atoms with van der Waals surface area (Å²) < 4.78 is 7.03. The van der Waals surface area contributed by atoms with Gasteiger partial charge in [0.15, 0.2) is 5.82 Å². The highest BCUT2D eigenvalue weighted by atomic mass is 16.5. The lowest BCUT2D eigenvalue weighted by Crippen LogP contribution is -2.13. The van der Waals surface area contributed by atoms with Crippen LogP contribution >= 0.6 is 0 Å². The second-order valence-electron chi connectivity index (χ2n) is 4.62. The molecule has 0 aromatic carbocycles. The number of ether oxygens (including phenoxy) is 1. The van der Waals surface area contributed by atoms with Crippen molar-refractivity contribution >= 4 is 5.82 Å². The number of hydrogen-bond acceptors (Lipinski definition) is 6. The maximum absolute atomic E-state index is 5.07. The number of aryl methyl sites for hydroxylation is 2. The van der Waals surface area contributed by atoms with Crippen molar-refractivity contribution in [2.75, 3.05) is 19.0 Å². The number of nitrogens with zero attached hydrogens (tertiary/aromatic N) is 5. The zero-order valence-corrected chi connectivity index (χ0v) is 12.3. The van der Waals surface area contributed by atoms with E-state index in [1.165, 1.54) is 0 Å². The zero-order valence-electron chi connectivity index (χ0n) is 12.3. The van der Waals surface area contributed by atoms with Crippen molar-refractivity contribution in [2.45, 2.75) is 33.9 Å². The van der Waals surface area contributed by atoms with Crippen LogP contribution in [-0.4, -0.2) is 38.4 Å². The van der Waals surface area contributed by atoms with Crippen LogP contribution in [-0.2, 0) is 17.8 Å². The van der Waals surface area contributed by atoms with Crippen molar-refractivity contribution in [3.8, 4) is 0 Å². The fourth-order valence-corrected chi connectivity index (χ4v) is 1.90. The summed E-state index contributed by atoms with van der Waals surface area (Å²) in [7, 11) is 1.68. The first-order chi connectivity index (χ1) is 9.61. The topological polar surface area (TPSA) is 77.8 Å². The van der Waals surface area contributed by atoms with Gasteiger partial charge in [-0.05, 0) is 20.8 Å². The minimum absolute atomic E-state index is 0.570. The van der Waals surface area contributed by atoms with Crippen LogP contribution in [0.2, 0.25) is 0 Å². The lowest BCUT2D eigenvalue weighted by atomic mass is 10.2. The number of aromatic nitrogens is 5. The third-order valence-electron chi connectivity index (χ3n) is 3.15. The van der Waals surface area contributed by atoms with Gasteiger partial charge in [-0.25, -0.2) is 9.97 Å². The van der Waals surface area contributed by atoms with Gasteiger partial charge in [-0.2, -0.15) is 0 Å². The van der Waals surface area contributed by atoms with E-state index >= 15 is 0 Å². The average Bonchev–Trinajstić information content (AvgIpc) is 2.86. The number of rotatable bonds is 6. The van der Waals surface area contributed by atoms with Gasteiger partial charge in [0.1, 0.15) is 18.0 Å². The molecular weight excluding hydrogens is 256 g/mol. The van der Waals surface area contributed by atoms with Crippen molar-refractivity contribution in [3.63, 3.8) is 0 Å². The number of methoxy groups -OCH3 is 1. The first-order valence-electron chi connectivity index (χ1n) is 6.53. The Morgan fingerprint density at radius 3 is 2.80 bits per heavy atom. The van der Waals surface area contributed by atoms with E-state index in [-0.39, 0.29) is 0 Å². The van der Waals surface area contributed by atoms with Crippen LogP contribution in [0.15, 0.2) is 6.33 Å². The summed E-state index contributed by atoms with van der Waals surface area (Å²) in [4.78, 5) is 8.76. The van der Waals surface area contributed by atoms with Crippen LogP contribution < -0.4 is 5.32 Å². The van der Waals surface area contributed by atoms with Crippen LogP contribution in [0.4, 0.5) is 5.82 Å². The van der Waals surface area contributed by atoms with E-state index in [9.17, 15) is 0 Å². The van der Waals surface area contributed by atoms with Gasteiger partial charge in [0.2, 0.25) is 0 Å².